The predicted molar refractivity (Wildman–Crippen MR) is 111 cm³/mol. The van der Waals surface area contributed by atoms with Gasteiger partial charge in [-0.05, 0) is 35.4 Å². The zero-order valence-electron chi connectivity index (χ0n) is 16.7. The van der Waals surface area contributed by atoms with Crippen LogP contribution in [0, 0.1) is 5.82 Å². The summed E-state index contributed by atoms with van der Waals surface area (Å²) in [5.41, 5.74) is 2.85. The summed E-state index contributed by atoms with van der Waals surface area (Å²) in [5, 5.41) is 3.14. The minimum atomic E-state index is -0.261. The first kappa shape index (κ1) is 20.6. The second-order valence-corrected chi connectivity index (χ2v) is 7.12. The summed E-state index contributed by atoms with van der Waals surface area (Å²) in [5.74, 6) is 0.443. The van der Waals surface area contributed by atoms with Crippen molar-refractivity contribution in [2.75, 3.05) is 20.7 Å². The Kier molecular flexibility index (Phi) is 6.98. The highest BCUT2D eigenvalue weighted by atomic mass is 19.1. The van der Waals surface area contributed by atoms with E-state index in [9.17, 15) is 9.18 Å². The van der Waals surface area contributed by atoms with Crippen molar-refractivity contribution in [1.82, 2.24) is 5.32 Å². The Hall–Kier alpha value is -3.18. The lowest BCUT2D eigenvalue weighted by atomic mass is 9.98. The number of nitrogens with one attached hydrogen (secondary N) is 2. The van der Waals surface area contributed by atoms with Crippen molar-refractivity contribution in [3.05, 3.63) is 101 Å². The molecule has 0 saturated heterocycles. The molecule has 0 aliphatic carbocycles. The topological polar surface area (TPSA) is 42.8 Å². The largest absolute Gasteiger partial charge is 0.497 e. The van der Waals surface area contributed by atoms with Crippen LogP contribution in [0.4, 0.5) is 4.39 Å². The van der Waals surface area contributed by atoms with Crippen LogP contribution in [-0.4, -0.2) is 26.6 Å². The Morgan fingerprint density at radius 1 is 1.00 bits per heavy atom. The summed E-state index contributed by atoms with van der Waals surface area (Å²) in [6, 6.07) is 23.8. The van der Waals surface area contributed by atoms with Gasteiger partial charge >= 0.3 is 0 Å². The number of methoxy groups -OCH3 is 1. The highest BCUT2D eigenvalue weighted by Crippen LogP contribution is 2.24. The average Bonchev–Trinajstić information content (AvgIpc) is 2.72. The van der Waals surface area contributed by atoms with E-state index in [1.165, 1.54) is 12.1 Å². The van der Waals surface area contributed by atoms with Gasteiger partial charge in [-0.25, -0.2) is 4.39 Å². The number of halogens is 1. The highest BCUT2D eigenvalue weighted by molar-refractivity contribution is 5.78. The minimum Gasteiger partial charge on any atom is -0.497 e. The molecule has 4 nitrogen and oxygen atoms in total. The van der Waals surface area contributed by atoms with Crippen molar-refractivity contribution in [1.29, 1.82) is 0 Å². The van der Waals surface area contributed by atoms with Crippen LogP contribution in [-0.2, 0) is 11.3 Å². The highest BCUT2D eigenvalue weighted by Gasteiger charge is 2.19. The molecule has 0 saturated carbocycles. The van der Waals surface area contributed by atoms with Crippen LogP contribution in [0.15, 0.2) is 78.9 Å². The molecule has 3 rings (SSSR count). The number of likely N-dealkylation sites (N-methyl/N-ethyl adjacent to an activating group) is 1. The first-order valence-electron chi connectivity index (χ1n) is 9.59. The number of hydrogen-bond donors (Lipinski definition) is 2. The summed E-state index contributed by atoms with van der Waals surface area (Å²) >= 11 is 0. The molecular formula is C24H26FN2O2+. The molecule has 2 atom stereocenters. The fourth-order valence-electron chi connectivity index (χ4n) is 3.34. The van der Waals surface area contributed by atoms with E-state index in [-0.39, 0.29) is 24.3 Å². The van der Waals surface area contributed by atoms with Gasteiger partial charge in [0.25, 0.3) is 5.91 Å². The third kappa shape index (κ3) is 5.90. The normalized spacial score (nSPS) is 12.8. The number of hydrogen-bond acceptors (Lipinski definition) is 2. The standard InChI is InChI=1S/C24H25FN2O2/c1-27(16-18-7-6-10-21(25)15-18)17-23(28)26-24(19-8-4-3-5-9-19)20-11-13-22(29-2)14-12-20/h3-15,24H,16-17H2,1-2H3,(H,26,28)/p+1/t24-/m1/s1. The molecule has 150 valence electrons. The monoisotopic (exact) mass is 393 g/mol. The second-order valence-electron chi connectivity index (χ2n) is 7.12. The van der Waals surface area contributed by atoms with E-state index in [4.69, 9.17) is 4.74 Å². The van der Waals surface area contributed by atoms with Gasteiger partial charge in [0.1, 0.15) is 18.1 Å². The van der Waals surface area contributed by atoms with Gasteiger partial charge in [0, 0.05) is 5.56 Å². The lowest BCUT2D eigenvalue weighted by Crippen LogP contribution is -3.08. The van der Waals surface area contributed by atoms with Crippen LogP contribution in [0.2, 0.25) is 0 Å². The molecule has 0 spiro atoms. The molecule has 0 bridgehead atoms. The molecule has 1 amide bonds. The van der Waals surface area contributed by atoms with Crippen molar-refractivity contribution in [3.63, 3.8) is 0 Å². The van der Waals surface area contributed by atoms with E-state index in [1.807, 2.05) is 67.7 Å². The summed E-state index contributed by atoms with van der Waals surface area (Å²) in [6.07, 6.45) is 0. The van der Waals surface area contributed by atoms with Gasteiger partial charge in [-0.15, -0.1) is 0 Å². The maximum absolute atomic E-state index is 13.4. The fraction of sp³-hybridized carbons (Fsp3) is 0.208. The second kappa shape index (κ2) is 9.85. The SMILES string of the molecule is COc1ccc([C@H](NC(=O)C[NH+](C)Cc2cccc(F)c2)c2ccccc2)cc1. The molecular weight excluding hydrogens is 367 g/mol. The molecule has 1 unspecified atom stereocenters. The van der Waals surface area contributed by atoms with Gasteiger partial charge in [0.15, 0.2) is 6.54 Å². The van der Waals surface area contributed by atoms with Crippen LogP contribution in [0.1, 0.15) is 22.7 Å². The number of quaternary nitrogens is 1. The Morgan fingerprint density at radius 3 is 2.34 bits per heavy atom. The number of rotatable bonds is 8. The van der Waals surface area contributed by atoms with Crippen molar-refractivity contribution in [2.45, 2.75) is 12.6 Å². The maximum Gasteiger partial charge on any atom is 0.275 e. The van der Waals surface area contributed by atoms with E-state index in [2.05, 4.69) is 5.32 Å². The van der Waals surface area contributed by atoms with Crippen molar-refractivity contribution in [2.24, 2.45) is 0 Å². The zero-order chi connectivity index (χ0) is 20.6. The molecule has 0 aliphatic rings. The predicted octanol–water partition coefficient (Wildman–Crippen LogP) is 2.75. The van der Waals surface area contributed by atoms with Gasteiger partial charge < -0.3 is 15.0 Å². The van der Waals surface area contributed by atoms with Crippen LogP contribution in [0.5, 0.6) is 5.75 Å². The quantitative estimate of drug-likeness (QED) is 0.618. The number of ether oxygens (including phenoxy) is 1. The first-order valence-corrected chi connectivity index (χ1v) is 9.59. The van der Waals surface area contributed by atoms with E-state index in [0.717, 1.165) is 27.3 Å². The minimum absolute atomic E-state index is 0.0661. The van der Waals surface area contributed by atoms with Crippen LogP contribution >= 0.6 is 0 Å². The lowest BCUT2D eigenvalue weighted by molar-refractivity contribution is -0.885. The van der Waals surface area contributed by atoms with E-state index < -0.39 is 0 Å². The summed E-state index contributed by atoms with van der Waals surface area (Å²) < 4.78 is 18.6. The molecule has 29 heavy (non-hydrogen) atoms. The maximum atomic E-state index is 13.4. The lowest BCUT2D eigenvalue weighted by Gasteiger charge is -2.21. The third-order valence-corrected chi connectivity index (χ3v) is 4.74. The Bertz CT molecular complexity index is 929. The smallest absolute Gasteiger partial charge is 0.275 e. The van der Waals surface area contributed by atoms with Gasteiger partial charge in [0.05, 0.1) is 20.2 Å². The average molecular weight is 393 g/mol. The molecule has 3 aromatic rings. The van der Waals surface area contributed by atoms with E-state index in [0.29, 0.717) is 6.54 Å². The number of benzene rings is 3. The van der Waals surface area contributed by atoms with Gasteiger partial charge in [-0.1, -0.05) is 54.6 Å². The Balaban J connectivity index is 1.70. The number of carbonyl (C=O) groups is 1. The Labute approximate surface area is 170 Å². The summed E-state index contributed by atoms with van der Waals surface area (Å²) in [4.78, 5) is 13.7. The third-order valence-electron chi connectivity index (χ3n) is 4.74. The summed E-state index contributed by atoms with van der Waals surface area (Å²) in [7, 11) is 3.55. The van der Waals surface area contributed by atoms with E-state index in [1.54, 1.807) is 13.2 Å². The van der Waals surface area contributed by atoms with Crippen LogP contribution < -0.4 is 15.0 Å². The molecule has 0 radical (unpaired) electrons. The first-order chi connectivity index (χ1) is 14.0. The van der Waals surface area contributed by atoms with Gasteiger partial charge in [-0.2, -0.15) is 0 Å². The molecule has 0 heterocycles. The Morgan fingerprint density at radius 2 is 1.69 bits per heavy atom. The molecule has 3 aromatic carbocycles. The van der Waals surface area contributed by atoms with Crippen LogP contribution in [0.25, 0.3) is 0 Å². The van der Waals surface area contributed by atoms with Crippen LogP contribution in [0.3, 0.4) is 0 Å². The van der Waals surface area contributed by atoms with Crippen molar-refractivity contribution < 1.29 is 18.8 Å². The molecule has 0 aromatic heterocycles. The molecule has 0 aliphatic heterocycles. The molecule has 0 fully saturated rings. The fourth-order valence-corrected chi connectivity index (χ4v) is 3.34. The molecule has 2 N–H and O–H groups in total. The van der Waals surface area contributed by atoms with E-state index >= 15 is 0 Å². The number of carbonyl (C=O) groups excluding carboxylic acids is 1. The zero-order valence-corrected chi connectivity index (χ0v) is 16.7. The van der Waals surface area contributed by atoms with Crippen molar-refractivity contribution in [3.8, 4) is 5.75 Å². The summed E-state index contributed by atoms with van der Waals surface area (Å²) in [6.45, 7) is 0.861. The molecule has 5 heteroatoms. The van der Waals surface area contributed by atoms with Gasteiger partial charge in [0.2, 0.25) is 0 Å². The van der Waals surface area contributed by atoms with Crippen molar-refractivity contribution >= 4 is 5.91 Å². The number of amides is 1. The van der Waals surface area contributed by atoms with Gasteiger partial charge in [-0.3, -0.25) is 4.79 Å².